The molecule has 1 atom stereocenters. The number of carbonyl (C=O) groups is 1. The summed E-state index contributed by atoms with van der Waals surface area (Å²) in [4.78, 5) is 19.0. The van der Waals surface area contributed by atoms with Crippen LogP contribution in [-0.2, 0) is 5.60 Å². The van der Waals surface area contributed by atoms with Crippen LogP contribution in [0.3, 0.4) is 0 Å². The van der Waals surface area contributed by atoms with Gasteiger partial charge in [-0.1, -0.05) is 19.1 Å². The summed E-state index contributed by atoms with van der Waals surface area (Å²) in [7, 11) is 0. The van der Waals surface area contributed by atoms with Crippen molar-refractivity contribution < 1.29 is 32.9 Å². The number of alkyl halides is 3. The highest BCUT2D eigenvalue weighted by atomic mass is 19.4. The number of nitrogens with zero attached hydrogens (tertiary/aromatic N) is 3. The van der Waals surface area contributed by atoms with E-state index in [1.165, 1.54) is 23.2 Å². The van der Waals surface area contributed by atoms with Gasteiger partial charge >= 0.3 is 12.5 Å². The molecule has 0 spiro atoms. The molecule has 4 rings (SSSR count). The molecule has 172 valence electrons. The Morgan fingerprint density at radius 2 is 1.72 bits per heavy atom. The monoisotopic (exact) mass is 451 g/mol. The molecule has 0 saturated carbocycles. The third-order valence-electron chi connectivity index (χ3n) is 6.34. The molecule has 10 heteroatoms. The summed E-state index contributed by atoms with van der Waals surface area (Å²) in [6, 6.07) is 6.86. The number of pyridine rings is 1. The number of aromatic nitrogens is 1. The second-order valence-electron chi connectivity index (χ2n) is 8.61. The van der Waals surface area contributed by atoms with E-state index in [-0.39, 0.29) is 13.1 Å². The molecule has 32 heavy (non-hydrogen) atoms. The van der Waals surface area contributed by atoms with Crippen molar-refractivity contribution in [1.82, 2.24) is 9.88 Å². The van der Waals surface area contributed by atoms with Crippen molar-refractivity contribution in [2.24, 2.45) is 5.41 Å². The molecule has 2 N–H and O–H groups in total. The Balaban J connectivity index is 1.75. The minimum Gasteiger partial charge on any atom is -0.465 e. The molecule has 2 aliphatic rings. The van der Waals surface area contributed by atoms with Crippen molar-refractivity contribution in [3.63, 3.8) is 0 Å². The molecular weight excluding hydrogens is 427 g/mol. The zero-order valence-electron chi connectivity index (χ0n) is 17.5. The topological polar surface area (TPSA) is 86.1 Å². The number of hydrogen-bond acceptors (Lipinski definition) is 5. The number of amides is 1. The quantitative estimate of drug-likeness (QED) is 0.719. The lowest BCUT2D eigenvalue weighted by Crippen LogP contribution is -2.66. The average Bonchev–Trinajstić information content (AvgIpc) is 3.25. The molecule has 3 heterocycles. The summed E-state index contributed by atoms with van der Waals surface area (Å²) < 4.78 is 41.6. The molecule has 0 unspecified atom stereocenters. The summed E-state index contributed by atoms with van der Waals surface area (Å²) in [5.41, 5.74) is -0.964. The number of carboxylic acid groups (broad SMARTS) is 1. The van der Waals surface area contributed by atoms with E-state index < -0.39 is 29.2 Å². The van der Waals surface area contributed by atoms with E-state index >= 15 is 0 Å². The fourth-order valence-corrected chi connectivity index (χ4v) is 4.70. The minimum absolute atomic E-state index is 0.0631. The smallest absolute Gasteiger partial charge is 0.465 e. The van der Waals surface area contributed by atoms with Crippen molar-refractivity contribution in [3.8, 4) is 5.75 Å². The number of anilines is 1. The number of halogens is 3. The van der Waals surface area contributed by atoms with Gasteiger partial charge in [0.05, 0.1) is 11.9 Å². The Hall–Kier alpha value is -3.01. The van der Waals surface area contributed by atoms with Crippen LogP contribution in [0, 0.1) is 5.41 Å². The van der Waals surface area contributed by atoms with E-state index in [1.807, 2.05) is 6.07 Å². The maximum atomic E-state index is 12.6. The molecule has 0 aliphatic carbocycles. The lowest BCUT2D eigenvalue weighted by molar-refractivity contribution is -0.274. The summed E-state index contributed by atoms with van der Waals surface area (Å²) in [5.74, 6) is -0.404. The van der Waals surface area contributed by atoms with Gasteiger partial charge in [-0.2, -0.15) is 0 Å². The molecule has 7 nitrogen and oxygen atoms in total. The van der Waals surface area contributed by atoms with Gasteiger partial charge in [-0.15, -0.1) is 13.2 Å². The van der Waals surface area contributed by atoms with E-state index in [1.54, 1.807) is 13.1 Å². The standard InChI is InChI=1S/C22H24F3N3O4/c1-20(13-28(14-20)19(29)30)21(31,15-4-6-18(7-5-15)32-22(23,24)25)16-10-17(12-26-11-16)27-8-2-3-9-27/h4-7,10-12,31H,2-3,8-9,13-14H2,1H3,(H,29,30)/t21-/m0/s1. The highest BCUT2D eigenvalue weighted by molar-refractivity contribution is 5.67. The maximum absolute atomic E-state index is 12.6. The molecule has 2 aromatic rings. The van der Waals surface area contributed by atoms with Crippen molar-refractivity contribution >= 4 is 11.8 Å². The highest BCUT2D eigenvalue weighted by Gasteiger charge is 2.57. The first kappa shape index (κ1) is 22.2. The van der Waals surface area contributed by atoms with E-state index in [0.29, 0.717) is 11.1 Å². The van der Waals surface area contributed by atoms with Gasteiger partial charge in [-0.25, -0.2) is 4.79 Å². The molecule has 2 saturated heterocycles. The lowest BCUT2D eigenvalue weighted by atomic mass is 9.62. The van der Waals surface area contributed by atoms with Crippen LogP contribution < -0.4 is 9.64 Å². The number of aliphatic hydroxyl groups is 1. The fourth-order valence-electron chi connectivity index (χ4n) is 4.70. The van der Waals surface area contributed by atoms with Crippen LogP contribution in [-0.4, -0.2) is 58.7 Å². The summed E-state index contributed by atoms with van der Waals surface area (Å²) in [5, 5.41) is 21.4. The number of ether oxygens (including phenoxy) is 1. The molecule has 2 fully saturated rings. The first-order chi connectivity index (χ1) is 15.0. The third-order valence-corrected chi connectivity index (χ3v) is 6.34. The molecule has 1 amide bonds. The molecular formula is C22H24F3N3O4. The number of hydrogen-bond donors (Lipinski definition) is 2. The van der Waals surface area contributed by atoms with Crippen molar-refractivity contribution in [2.75, 3.05) is 31.1 Å². The molecule has 1 aromatic carbocycles. The number of likely N-dealkylation sites (tertiary alicyclic amines) is 1. The Bertz CT molecular complexity index is 987. The van der Waals surface area contributed by atoms with Gasteiger partial charge in [0, 0.05) is 43.4 Å². The summed E-state index contributed by atoms with van der Waals surface area (Å²) >= 11 is 0. The fraction of sp³-hybridized carbons (Fsp3) is 0.455. The van der Waals surface area contributed by atoms with Crippen molar-refractivity contribution in [1.29, 1.82) is 0 Å². The Labute approximate surface area is 183 Å². The van der Waals surface area contributed by atoms with Crippen LogP contribution in [0.1, 0.15) is 30.9 Å². The zero-order chi connectivity index (χ0) is 23.1. The number of benzene rings is 1. The molecule has 2 aliphatic heterocycles. The normalized spacial score (nSPS) is 19.9. The van der Waals surface area contributed by atoms with Crippen molar-refractivity contribution in [2.45, 2.75) is 31.7 Å². The van der Waals surface area contributed by atoms with Crippen LogP contribution in [0.25, 0.3) is 0 Å². The second-order valence-corrected chi connectivity index (χ2v) is 8.61. The second kappa shape index (κ2) is 7.84. The summed E-state index contributed by atoms with van der Waals surface area (Å²) in [6.45, 7) is 3.63. The average molecular weight is 451 g/mol. The van der Waals surface area contributed by atoms with Crippen LogP contribution in [0.15, 0.2) is 42.7 Å². The molecule has 1 aromatic heterocycles. The van der Waals surface area contributed by atoms with Gasteiger partial charge in [0.1, 0.15) is 11.4 Å². The van der Waals surface area contributed by atoms with Crippen LogP contribution in [0.2, 0.25) is 0 Å². The first-order valence-corrected chi connectivity index (χ1v) is 10.3. The SMILES string of the molecule is CC1([C@](O)(c2ccc(OC(F)(F)F)cc2)c2cncc(N3CCCC3)c2)CN(C(=O)O)C1. The number of rotatable bonds is 5. The van der Waals surface area contributed by atoms with Crippen molar-refractivity contribution in [3.05, 3.63) is 53.9 Å². The van der Waals surface area contributed by atoms with Gasteiger partial charge in [-0.3, -0.25) is 4.98 Å². The predicted octanol–water partition coefficient (Wildman–Crippen LogP) is 3.82. The van der Waals surface area contributed by atoms with Crippen LogP contribution in [0.5, 0.6) is 5.75 Å². The maximum Gasteiger partial charge on any atom is 0.573 e. The molecule has 0 bridgehead atoms. The third kappa shape index (κ3) is 3.94. The first-order valence-electron chi connectivity index (χ1n) is 10.3. The largest absolute Gasteiger partial charge is 0.573 e. The zero-order valence-corrected chi connectivity index (χ0v) is 17.5. The summed E-state index contributed by atoms with van der Waals surface area (Å²) in [6.07, 6.45) is -0.576. The van der Waals surface area contributed by atoms with Gasteiger partial charge in [0.2, 0.25) is 0 Å². The lowest BCUT2D eigenvalue weighted by Gasteiger charge is -2.55. The Morgan fingerprint density at radius 1 is 1.09 bits per heavy atom. The van der Waals surface area contributed by atoms with E-state index in [2.05, 4.69) is 14.6 Å². The van der Waals surface area contributed by atoms with Crippen LogP contribution in [0.4, 0.5) is 23.7 Å². The Morgan fingerprint density at radius 3 is 2.28 bits per heavy atom. The van der Waals surface area contributed by atoms with Gasteiger partial charge in [-0.05, 0) is 36.6 Å². The Kier molecular flexibility index (Phi) is 5.44. The van der Waals surface area contributed by atoms with Crippen LogP contribution >= 0.6 is 0 Å². The van der Waals surface area contributed by atoms with Gasteiger partial charge < -0.3 is 24.7 Å². The van der Waals surface area contributed by atoms with Gasteiger partial charge in [0.15, 0.2) is 0 Å². The molecule has 0 radical (unpaired) electrons. The van der Waals surface area contributed by atoms with E-state index in [4.69, 9.17) is 0 Å². The van der Waals surface area contributed by atoms with Gasteiger partial charge in [0.25, 0.3) is 0 Å². The van der Waals surface area contributed by atoms with E-state index in [9.17, 15) is 28.2 Å². The van der Waals surface area contributed by atoms with E-state index in [0.717, 1.165) is 43.8 Å². The predicted molar refractivity (Wildman–Crippen MR) is 110 cm³/mol. The highest BCUT2D eigenvalue weighted by Crippen LogP contribution is 2.51. The minimum atomic E-state index is -4.83.